The SMILES string of the molecule is ClC1=Cc2ccccc2C1(Cl)C(c1ccccc1)c1ccccn1. The Labute approximate surface area is 151 Å². The number of benzene rings is 2. The Kier molecular flexibility index (Phi) is 3.91. The van der Waals surface area contributed by atoms with E-state index in [1.165, 1.54) is 0 Å². The van der Waals surface area contributed by atoms with Crippen LogP contribution in [0.25, 0.3) is 6.08 Å². The van der Waals surface area contributed by atoms with Gasteiger partial charge in [0.15, 0.2) is 0 Å². The number of fused-ring (bicyclic) bond motifs is 1. The number of hydrogen-bond acceptors (Lipinski definition) is 1. The number of rotatable bonds is 3. The number of aromatic nitrogens is 1. The molecule has 0 aliphatic heterocycles. The Morgan fingerprint density at radius 2 is 1.54 bits per heavy atom. The molecular weight excluding hydrogens is 337 g/mol. The van der Waals surface area contributed by atoms with E-state index in [0.29, 0.717) is 5.03 Å². The second kappa shape index (κ2) is 6.08. The molecule has 2 unspecified atom stereocenters. The van der Waals surface area contributed by atoms with E-state index in [1.54, 1.807) is 6.20 Å². The molecule has 1 aliphatic carbocycles. The van der Waals surface area contributed by atoms with Gasteiger partial charge in [0.1, 0.15) is 4.87 Å². The van der Waals surface area contributed by atoms with Crippen molar-refractivity contribution in [3.8, 4) is 0 Å². The molecule has 0 saturated carbocycles. The van der Waals surface area contributed by atoms with Crippen molar-refractivity contribution in [1.29, 1.82) is 0 Å². The van der Waals surface area contributed by atoms with Gasteiger partial charge in [-0.15, -0.1) is 11.6 Å². The first-order chi connectivity index (χ1) is 11.7. The maximum absolute atomic E-state index is 7.25. The van der Waals surface area contributed by atoms with Crippen LogP contribution in [0.1, 0.15) is 28.3 Å². The van der Waals surface area contributed by atoms with E-state index in [9.17, 15) is 0 Å². The van der Waals surface area contributed by atoms with Gasteiger partial charge >= 0.3 is 0 Å². The van der Waals surface area contributed by atoms with Crippen LogP contribution in [-0.2, 0) is 4.87 Å². The number of allylic oxidation sites excluding steroid dienone is 1. The highest BCUT2D eigenvalue weighted by molar-refractivity contribution is 6.42. The molecule has 4 rings (SSSR count). The molecule has 1 aromatic heterocycles. The highest BCUT2D eigenvalue weighted by Gasteiger charge is 2.47. The molecule has 24 heavy (non-hydrogen) atoms. The molecule has 3 aromatic rings. The lowest BCUT2D eigenvalue weighted by Crippen LogP contribution is -2.28. The van der Waals surface area contributed by atoms with Gasteiger partial charge in [-0.3, -0.25) is 4.98 Å². The van der Waals surface area contributed by atoms with Crippen LogP contribution in [0.4, 0.5) is 0 Å². The van der Waals surface area contributed by atoms with Gasteiger partial charge in [-0.25, -0.2) is 0 Å². The molecule has 1 nitrogen and oxygen atoms in total. The first-order valence-corrected chi connectivity index (χ1v) is 8.59. The summed E-state index contributed by atoms with van der Waals surface area (Å²) in [6, 6.07) is 24.2. The summed E-state index contributed by atoms with van der Waals surface area (Å²) in [5.74, 6) is -0.172. The largest absolute Gasteiger partial charge is 0.261 e. The molecular formula is C21H15Cl2N. The summed E-state index contributed by atoms with van der Waals surface area (Å²) in [5, 5.41) is 0.630. The highest BCUT2D eigenvalue weighted by Crippen LogP contribution is 2.56. The molecule has 0 radical (unpaired) electrons. The number of halogens is 2. The van der Waals surface area contributed by atoms with Crippen molar-refractivity contribution in [2.45, 2.75) is 10.8 Å². The van der Waals surface area contributed by atoms with Crippen molar-refractivity contribution < 1.29 is 0 Å². The second-order valence-electron chi connectivity index (χ2n) is 5.89. The molecule has 2 atom stereocenters. The Hall–Kier alpha value is -2.09. The Morgan fingerprint density at radius 1 is 0.833 bits per heavy atom. The molecule has 0 bridgehead atoms. The molecule has 118 valence electrons. The molecule has 1 aliphatic rings. The van der Waals surface area contributed by atoms with Crippen molar-refractivity contribution in [1.82, 2.24) is 4.98 Å². The van der Waals surface area contributed by atoms with Crippen molar-refractivity contribution in [3.63, 3.8) is 0 Å². The minimum absolute atomic E-state index is 0.172. The summed E-state index contributed by atoms with van der Waals surface area (Å²) < 4.78 is 0. The lowest BCUT2D eigenvalue weighted by Gasteiger charge is -2.33. The van der Waals surface area contributed by atoms with Crippen LogP contribution in [0.15, 0.2) is 84.0 Å². The number of hydrogen-bond donors (Lipinski definition) is 0. The summed E-state index contributed by atoms with van der Waals surface area (Å²) in [4.78, 5) is 3.73. The average molecular weight is 352 g/mol. The van der Waals surface area contributed by atoms with Crippen molar-refractivity contribution in [2.24, 2.45) is 0 Å². The molecule has 3 heteroatoms. The lowest BCUT2D eigenvalue weighted by atomic mass is 9.79. The van der Waals surface area contributed by atoms with E-state index >= 15 is 0 Å². The third-order valence-electron chi connectivity index (χ3n) is 4.50. The van der Waals surface area contributed by atoms with Crippen molar-refractivity contribution in [2.75, 3.05) is 0 Å². The predicted molar refractivity (Wildman–Crippen MR) is 100 cm³/mol. The van der Waals surface area contributed by atoms with Crippen molar-refractivity contribution in [3.05, 3.63) is 106 Å². The third-order valence-corrected chi connectivity index (χ3v) is 5.63. The standard InChI is InChI=1S/C21H15Cl2N/c22-19-14-16-10-4-5-11-17(16)21(19,23)20(15-8-2-1-3-9-15)18-12-6-7-13-24-18/h1-14,20H. The van der Waals surface area contributed by atoms with Crippen LogP contribution in [0, 0.1) is 0 Å². The first-order valence-electron chi connectivity index (χ1n) is 7.83. The summed E-state index contributed by atoms with van der Waals surface area (Å²) in [6.45, 7) is 0. The average Bonchev–Trinajstić information content (AvgIpc) is 2.89. The van der Waals surface area contributed by atoms with E-state index < -0.39 is 4.87 Å². The number of pyridine rings is 1. The van der Waals surface area contributed by atoms with Crippen LogP contribution in [0.2, 0.25) is 0 Å². The fourth-order valence-electron chi connectivity index (χ4n) is 3.41. The van der Waals surface area contributed by atoms with Gasteiger partial charge in [-0.05, 0) is 34.9 Å². The van der Waals surface area contributed by atoms with E-state index in [1.807, 2.05) is 66.7 Å². The minimum Gasteiger partial charge on any atom is -0.261 e. The van der Waals surface area contributed by atoms with E-state index in [2.05, 4.69) is 17.1 Å². The third kappa shape index (κ3) is 2.36. The van der Waals surface area contributed by atoms with Gasteiger partial charge in [-0.2, -0.15) is 0 Å². The zero-order valence-electron chi connectivity index (χ0n) is 12.9. The summed E-state index contributed by atoms with van der Waals surface area (Å²) in [6.07, 6.45) is 3.76. The Balaban J connectivity index is 1.97. The molecule has 0 spiro atoms. The summed E-state index contributed by atoms with van der Waals surface area (Å²) in [7, 11) is 0. The van der Waals surface area contributed by atoms with E-state index in [0.717, 1.165) is 22.4 Å². The normalized spacial score (nSPS) is 20.3. The monoisotopic (exact) mass is 351 g/mol. The van der Waals surface area contributed by atoms with Gasteiger partial charge in [0.25, 0.3) is 0 Å². The van der Waals surface area contributed by atoms with Gasteiger partial charge in [0.05, 0.1) is 11.6 Å². The van der Waals surface area contributed by atoms with Gasteiger partial charge in [-0.1, -0.05) is 72.3 Å². The zero-order chi connectivity index (χ0) is 16.6. The minimum atomic E-state index is -0.853. The smallest absolute Gasteiger partial charge is 0.118 e. The summed E-state index contributed by atoms with van der Waals surface area (Å²) >= 11 is 13.9. The fourth-order valence-corrected chi connectivity index (χ4v) is 4.21. The fraction of sp³-hybridized carbons (Fsp3) is 0.0952. The van der Waals surface area contributed by atoms with Crippen molar-refractivity contribution >= 4 is 29.3 Å². The number of alkyl halides is 1. The zero-order valence-corrected chi connectivity index (χ0v) is 14.4. The molecule has 2 aromatic carbocycles. The van der Waals surface area contributed by atoms with Gasteiger partial charge < -0.3 is 0 Å². The molecule has 1 heterocycles. The molecule has 0 N–H and O–H groups in total. The maximum Gasteiger partial charge on any atom is 0.118 e. The van der Waals surface area contributed by atoms with E-state index in [4.69, 9.17) is 23.2 Å². The lowest BCUT2D eigenvalue weighted by molar-refractivity contribution is 0.629. The Morgan fingerprint density at radius 3 is 2.29 bits per heavy atom. The second-order valence-corrected chi connectivity index (χ2v) is 6.89. The molecule has 0 saturated heterocycles. The van der Waals surface area contributed by atoms with Crippen LogP contribution >= 0.6 is 23.2 Å². The van der Waals surface area contributed by atoms with Gasteiger partial charge in [0, 0.05) is 11.2 Å². The number of nitrogens with zero attached hydrogens (tertiary/aromatic N) is 1. The van der Waals surface area contributed by atoms with Gasteiger partial charge in [0.2, 0.25) is 0 Å². The van der Waals surface area contributed by atoms with E-state index in [-0.39, 0.29) is 5.92 Å². The maximum atomic E-state index is 7.25. The topological polar surface area (TPSA) is 12.9 Å². The molecule has 0 amide bonds. The van der Waals surface area contributed by atoms with Crippen LogP contribution < -0.4 is 0 Å². The first kappa shape index (κ1) is 15.4. The highest BCUT2D eigenvalue weighted by atomic mass is 35.5. The summed E-state index contributed by atoms with van der Waals surface area (Å²) in [5.41, 5.74) is 4.09. The van der Waals surface area contributed by atoms with Crippen LogP contribution in [0.5, 0.6) is 0 Å². The Bertz CT molecular complexity index is 850. The quantitative estimate of drug-likeness (QED) is 0.532. The van der Waals surface area contributed by atoms with Crippen LogP contribution in [-0.4, -0.2) is 4.98 Å². The predicted octanol–water partition coefficient (Wildman–Crippen LogP) is 5.94. The molecule has 0 fully saturated rings. The van der Waals surface area contributed by atoms with Crippen LogP contribution in [0.3, 0.4) is 0 Å².